The molecule has 1 atom stereocenters. The highest BCUT2D eigenvalue weighted by Crippen LogP contribution is 2.13. The monoisotopic (exact) mass is 167 g/mol. The first kappa shape index (κ1) is 8.84. The second-order valence-electron chi connectivity index (χ2n) is 2.77. The molecule has 0 aromatic carbocycles. The van der Waals surface area contributed by atoms with E-state index in [9.17, 15) is 4.79 Å². The minimum Gasteiger partial charge on any atom is -0.480 e. The van der Waals surface area contributed by atoms with Gasteiger partial charge in [0.15, 0.2) is 0 Å². The maximum absolute atomic E-state index is 10.8. The Labute approximate surface area is 71.6 Å². The highest BCUT2D eigenvalue weighted by Gasteiger charge is 2.16. The maximum atomic E-state index is 10.8. The average Bonchev–Trinajstić information content (AvgIpc) is 2.51. The van der Waals surface area contributed by atoms with Crippen molar-refractivity contribution >= 4 is 5.97 Å². The van der Waals surface area contributed by atoms with E-state index in [-0.39, 0.29) is 0 Å². The number of carbonyl (C=O) groups is 1. The summed E-state index contributed by atoms with van der Waals surface area (Å²) in [5.41, 5.74) is 0. The third kappa shape index (κ3) is 1.87. The predicted molar refractivity (Wildman–Crippen MR) is 46.0 cm³/mol. The molecule has 66 valence electrons. The summed E-state index contributed by atoms with van der Waals surface area (Å²) in [5.74, 6) is -0.756. The Hall–Kier alpha value is -1.25. The van der Waals surface area contributed by atoms with Gasteiger partial charge in [0.25, 0.3) is 0 Å². The number of aliphatic carboxylic acids is 1. The summed E-state index contributed by atoms with van der Waals surface area (Å²) in [4.78, 5) is 10.8. The van der Waals surface area contributed by atoms with E-state index in [0.29, 0.717) is 6.42 Å². The fraction of sp³-hybridized carbons (Fsp3) is 0.444. The Balaban J connectivity index is 2.73. The minimum absolute atomic E-state index is 0.398. The van der Waals surface area contributed by atoms with Crippen LogP contribution in [0.2, 0.25) is 0 Å². The van der Waals surface area contributed by atoms with Gasteiger partial charge in [-0.2, -0.15) is 0 Å². The highest BCUT2D eigenvalue weighted by atomic mass is 16.4. The quantitative estimate of drug-likeness (QED) is 0.744. The normalized spacial score (nSPS) is 12.8. The Morgan fingerprint density at radius 2 is 2.08 bits per heavy atom. The molecular formula is C9H13NO2. The van der Waals surface area contributed by atoms with Crippen molar-refractivity contribution in [3.8, 4) is 0 Å². The van der Waals surface area contributed by atoms with Crippen LogP contribution in [0, 0.1) is 0 Å². The van der Waals surface area contributed by atoms with Crippen LogP contribution in [0.4, 0.5) is 0 Å². The number of nitrogens with zero attached hydrogens (tertiary/aromatic N) is 1. The van der Waals surface area contributed by atoms with Crippen molar-refractivity contribution in [3.63, 3.8) is 0 Å². The van der Waals surface area contributed by atoms with E-state index >= 15 is 0 Å². The second kappa shape index (κ2) is 3.95. The van der Waals surface area contributed by atoms with Crippen molar-refractivity contribution < 1.29 is 9.90 Å². The van der Waals surface area contributed by atoms with Gasteiger partial charge in [-0.05, 0) is 18.6 Å². The first-order valence-electron chi connectivity index (χ1n) is 4.11. The van der Waals surface area contributed by atoms with Gasteiger partial charge in [-0.1, -0.05) is 13.3 Å². The largest absolute Gasteiger partial charge is 0.480 e. The SMILES string of the molecule is CCC[C@@H](C(=O)O)n1cccc1. The molecule has 3 nitrogen and oxygen atoms in total. The Bertz CT molecular complexity index is 241. The molecule has 1 aromatic rings. The molecule has 0 saturated heterocycles. The van der Waals surface area contributed by atoms with Gasteiger partial charge in [0.05, 0.1) is 0 Å². The molecule has 1 rings (SSSR count). The maximum Gasteiger partial charge on any atom is 0.326 e. The molecule has 1 N–H and O–H groups in total. The predicted octanol–water partition coefficient (Wildman–Crippen LogP) is 1.91. The molecule has 0 bridgehead atoms. The lowest BCUT2D eigenvalue weighted by Crippen LogP contribution is -2.17. The van der Waals surface area contributed by atoms with Gasteiger partial charge in [-0.25, -0.2) is 4.79 Å². The lowest BCUT2D eigenvalue weighted by atomic mass is 10.2. The number of rotatable bonds is 4. The van der Waals surface area contributed by atoms with Crippen LogP contribution in [0.1, 0.15) is 25.8 Å². The Morgan fingerprint density at radius 1 is 1.50 bits per heavy atom. The number of carboxylic acid groups (broad SMARTS) is 1. The fourth-order valence-electron chi connectivity index (χ4n) is 1.23. The molecule has 0 unspecified atom stereocenters. The van der Waals surface area contributed by atoms with Crippen molar-refractivity contribution in [1.29, 1.82) is 0 Å². The van der Waals surface area contributed by atoms with Gasteiger partial charge >= 0.3 is 5.97 Å². The second-order valence-corrected chi connectivity index (χ2v) is 2.77. The third-order valence-corrected chi connectivity index (χ3v) is 1.83. The lowest BCUT2D eigenvalue weighted by Gasteiger charge is -2.12. The van der Waals surface area contributed by atoms with Crippen LogP contribution in [0.25, 0.3) is 0 Å². The smallest absolute Gasteiger partial charge is 0.326 e. The average molecular weight is 167 g/mol. The first-order chi connectivity index (χ1) is 5.75. The summed E-state index contributed by atoms with van der Waals surface area (Å²) < 4.78 is 1.73. The standard InChI is InChI=1S/C9H13NO2/c1-2-5-8(9(11)12)10-6-3-4-7-10/h3-4,6-8H,2,5H2,1H3,(H,11,12)/t8-/m0/s1. The Morgan fingerprint density at radius 3 is 2.50 bits per heavy atom. The van der Waals surface area contributed by atoms with Gasteiger partial charge < -0.3 is 9.67 Å². The van der Waals surface area contributed by atoms with Crippen LogP contribution >= 0.6 is 0 Å². The molecule has 0 radical (unpaired) electrons. The molecule has 1 heterocycles. The molecule has 0 amide bonds. The van der Waals surface area contributed by atoms with E-state index in [0.717, 1.165) is 6.42 Å². The van der Waals surface area contributed by atoms with Crippen LogP contribution in [-0.4, -0.2) is 15.6 Å². The molecule has 0 fully saturated rings. The Kier molecular flexibility index (Phi) is 2.91. The zero-order valence-corrected chi connectivity index (χ0v) is 7.10. The summed E-state index contributed by atoms with van der Waals surface area (Å²) in [7, 11) is 0. The minimum atomic E-state index is -0.756. The van der Waals surface area contributed by atoms with Crippen LogP contribution in [0.3, 0.4) is 0 Å². The van der Waals surface area contributed by atoms with Crippen molar-refractivity contribution in [3.05, 3.63) is 24.5 Å². The van der Waals surface area contributed by atoms with Crippen molar-refractivity contribution in [2.24, 2.45) is 0 Å². The van der Waals surface area contributed by atoms with Crippen LogP contribution in [0.15, 0.2) is 24.5 Å². The molecule has 12 heavy (non-hydrogen) atoms. The van der Waals surface area contributed by atoms with Gasteiger partial charge in [0.2, 0.25) is 0 Å². The van der Waals surface area contributed by atoms with Crippen LogP contribution in [0.5, 0.6) is 0 Å². The van der Waals surface area contributed by atoms with Gasteiger partial charge in [0.1, 0.15) is 6.04 Å². The molecule has 0 aliphatic carbocycles. The molecule has 0 aliphatic heterocycles. The van der Waals surface area contributed by atoms with Gasteiger partial charge in [0, 0.05) is 12.4 Å². The van der Waals surface area contributed by atoms with Crippen molar-refractivity contribution in [2.75, 3.05) is 0 Å². The molecule has 0 saturated carbocycles. The molecular weight excluding hydrogens is 154 g/mol. The van der Waals surface area contributed by atoms with Crippen LogP contribution < -0.4 is 0 Å². The van der Waals surface area contributed by atoms with E-state index in [2.05, 4.69) is 0 Å². The fourth-order valence-corrected chi connectivity index (χ4v) is 1.23. The molecule has 0 aliphatic rings. The summed E-state index contributed by atoms with van der Waals surface area (Å²) in [6, 6.07) is 3.28. The van der Waals surface area contributed by atoms with E-state index in [1.54, 1.807) is 17.0 Å². The number of aromatic nitrogens is 1. The lowest BCUT2D eigenvalue weighted by molar-refractivity contribution is -0.141. The molecule has 3 heteroatoms. The first-order valence-corrected chi connectivity index (χ1v) is 4.11. The highest BCUT2D eigenvalue weighted by molar-refractivity contribution is 5.71. The van der Waals surface area contributed by atoms with E-state index < -0.39 is 12.0 Å². The third-order valence-electron chi connectivity index (χ3n) is 1.83. The van der Waals surface area contributed by atoms with Gasteiger partial charge in [-0.15, -0.1) is 0 Å². The molecule has 0 spiro atoms. The summed E-state index contributed by atoms with van der Waals surface area (Å²) in [6.07, 6.45) is 5.14. The van der Waals surface area contributed by atoms with Crippen molar-refractivity contribution in [1.82, 2.24) is 4.57 Å². The molecule has 1 aromatic heterocycles. The van der Waals surface area contributed by atoms with Crippen molar-refractivity contribution in [2.45, 2.75) is 25.8 Å². The number of hydrogen-bond donors (Lipinski definition) is 1. The summed E-state index contributed by atoms with van der Waals surface area (Å²) in [5, 5.41) is 8.86. The van der Waals surface area contributed by atoms with Crippen LogP contribution in [-0.2, 0) is 4.79 Å². The zero-order chi connectivity index (χ0) is 8.97. The zero-order valence-electron chi connectivity index (χ0n) is 7.10. The van der Waals surface area contributed by atoms with E-state index in [1.807, 2.05) is 19.1 Å². The summed E-state index contributed by atoms with van der Waals surface area (Å²) >= 11 is 0. The van der Waals surface area contributed by atoms with E-state index in [1.165, 1.54) is 0 Å². The van der Waals surface area contributed by atoms with E-state index in [4.69, 9.17) is 5.11 Å². The number of carboxylic acids is 1. The topological polar surface area (TPSA) is 42.2 Å². The van der Waals surface area contributed by atoms with Gasteiger partial charge in [-0.3, -0.25) is 0 Å². The summed E-state index contributed by atoms with van der Waals surface area (Å²) in [6.45, 7) is 1.99. The number of hydrogen-bond acceptors (Lipinski definition) is 1.